The van der Waals surface area contributed by atoms with Gasteiger partial charge in [0.2, 0.25) is 5.09 Å². The Balaban J connectivity index is 1.43. The number of piperidine rings is 1. The van der Waals surface area contributed by atoms with Crippen LogP contribution in [0.3, 0.4) is 0 Å². The van der Waals surface area contributed by atoms with Crippen LogP contribution < -0.4 is 0 Å². The molecule has 2 aliphatic rings. The molecule has 4 rings (SSSR count). The standard InChI is InChI=1S/C22H28N2O4S/c25-22(24-17-7-10-19(24)12-11-18-8-3-1-4-9-18)20-13-14-21(28-20)29(26,27)23-15-5-2-6-16-23/h1,3-4,8-9,13-14,19H,2,5-7,10-12,15-17H2. The van der Waals surface area contributed by atoms with Crippen molar-refractivity contribution >= 4 is 15.9 Å². The number of hydrogen-bond acceptors (Lipinski definition) is 4. The summed E-state index contributed by atoms with van der Waals surface area (Å²) in [5.41, 5.74) is 1.26. The van der Waals surface area contributed by atoms with E-state index in [4.69, 9.17) is 4.42 Å². The number of sulfonamides is 1. The number of rotatable bonds is 6. The van der Waals surface area contributed by atoms with Crippen LogP contribution in [-0.2, 0) is 16.4 Å². The fourth-order valence-electron chi connectivity index (χ4n) is 4.33. The molecular formula is C22H28N2O4S. The first kappa shape index (κ1) is 20.2. The first-order chi connectivity index (χ1) is 14.1. The Morgan fingerprint density at radius 1 is 0.966 bits per heavy atom. The van der Waals surface area contributed by atoms with Gasteiger partial charge < -0.3 is 9.32 Å². The van der Waals surface area contributed by atoms with Gasteiger partial charge in [-0.15, -0.1) is 0 Å². The summed E-state index contributed by atoms with van der Waals surface area (Å²) in [6.07, 6.45) is 6.53. The summed E-state index contributed by atoms with van der Waals surface area (Å²) in [5.74, 6) is -0.0900. The van der Waals surface area contributed by atoms with Gasteiger partial charge in [-0.1, -0.05) is 36.8 Å². The highest BCUT2D eigenvalue weighted by molar-refractivity contribution is 7.89. The number of benzene rings is 1. The number of likely N-dealkylation sites (tertiary alicyclic amines) is 1. The summed E-state index contributed by atoms with van der Waals surface area (Å²) < 4.78 is 32.6. The van der Waals surface area contributed by atoms with E-state index in [2.05, 4.69) is 12.1 Å². The van der Waals surface area contributed by atoms with Crippen molar-refractivity contribution in [2.75, 3.05) is 19.6 Å². The third-order valence-electron chi connectivity index (χ3n) is 5.95. The van der Waals surface area contributed by atoms with Crippen LogP contribution in [0.1, 0.15) is 54.6 Å². The fraction of sp³-hybridized carbons (Fsp3) is 0.500. The summed E-state index contributed by atoms with van der Waals surface area (Å²) >= 11 is 0. The topological polar surface area (TPSA) is 70.8 Å². The van der Waals surface area contributed by atoms with Crippen molar-refractivity contribution in [3.8, 4) is 0 Å². The van der Waals surface area contributed by atoms with Crippen LogP contribution in [0.25, 0.3) is 0 Å². The molecule has 7 heteroatoms. The molecule has 0 bridgehead atoms. The molecule has 0 N–H and O–H groups in total. The van der Waals surface area contributed by atoms with E-state index in [-0.39, 0.29) is 22.8 Å². The Kier molecular flexibility index (Phi) is 6.06. The van der Waals surface area contributed by atoms with Gasteiger partial charge in [-0.2, -0.15) is 4.31 Å². The van der Waals surface area contributed by atoms with Crippen LogP contribution in [-0.4, -0.2) is 49.2 Å². The molecule has 2 aromatic rings. The molecule has 2 fully saturated rings. The van der Waals surface area contributed by atoms with Gasteiger partial charge in [-0.05, 0) is 56.2 Å². The lowest BCUT2D eigenvalue weighted by Gasteiger charge is -2.25. The predicted molar refractivity (Wildman–Crippen MR) is 110 cm³/mol. The average molecular weight is 417 g/mol. The summed E-state index contributed by atoms with van der Waals surface area (Å²) in [7, 11) is -3.66. The van der Waals surface area contributed by atoms with Crippen molar-refractivity contribution in [2.24, 2.45) is 0 Å². The number of amides is 1. The van der Waals surface area contributed by atoms with Gasteiger partial charge in [0.1, 0.15) is 0 Å². The average Bonchev–Trinajstić information content (AvgIpc) is 3.43. The normalized spacial score (nSPS) is 20.8. The van der Waals surface area contributed by atoms with Crippen molar-refractivity contribution in [1.29, 1.82) is 0 Å². The van der Waals surface area contributed by atoms with E-state index in [0.29, 0.717) is 19.6 Å². The summed E-state index contributed by atoms with van der Waals surface area (Å²) in [4.78, 5) is 14.9. The van der Waals surface area contributed by atoms with Gasteiger partial charge in [-0.3, -0.25) is 4.79 Å². The van der Waals surface area contributed by atoms with Gasteiger partial charge in [0.25, 0.3) is 15.9 Å². The van der Waals surface area contributed by atoms with Crippen molar-refractivity contribution in [3.05, 3.63) is 53.8 Å². The molecule has 29 heavy (non-hydrogen) atoms. The molecule has 2 aliphatic heterocycles. The van der Waals surface area contributed by atoms with Crippen LogP contribution in [0.2, 0.25) is 0 Å². The van der Waals surface area contributed by atoms with Crippen molar-refractivity contribution in [2.45, 2.75) is 56.1 Å². The molecule has 1 aromatic heterocycles. The van der Waals surface area contributed by atoms with E-state index in [1.807, 2.05) is 23.1 Å². The van der Waals surface area contributed by atoms with Gasteiger partial charge in [0, 0.05) is 25.7 Å². The maximum Gasteiger partial charge on any atom is 0.289 e. The number of carbonyl (C=O) groups excluding carboxylic acids is 1. The zero-order valence-corrected chi connectivity index (χ0v) is 17.4. The molecule has 3 heterocycles. The molecule has 0 saturated carbocycles. The van der Waals surface area contributed by atoms with E-state index >= 15 is 0 Å². The van der Waals surface area contributed by atoms with Gasteiger partial charge in [0.15, 0.2) is 5.76 Å². The molecule has 1 amide bonds. The van der Waals surface area contributed by atoms with Crippen LogP contribution >= 0.6 is 0 Å². The Morgan fingerprint density at radius 3 is 2.48 bits per heavy atom. The first-order valence-electron chi connectivity index (χ1n) is 10.5. The number of carbonyl (C=O) groups is 1. The quantitative estimate of drug-likeness (QED) is 0.720. The van der Waals surface area contributed by atoms with Gasteiger partial charge in [-0.25, -0.2) is 8.42 Å². The Morgan fingerprint density at radius 2 is 1.72 bits per heavy atom. The molecular weight excluding hydrogens is 388 g/mol. The minimum Gasteiger partial charge on any atom is -0.438 e. The van der Waals surface area contributed by atoms with Crippen LogP contribution in [0.5, 0.6) is 0 Å². The fourth-order valence-corrected chi connectivity index (χ4v) is 5.76. The van der Waals surface area contributed by atoms with Gasteiger partial charge >= 0.3 is 0 Å². The van der Waals surface area contributed by atoms with E-state index in [1.54, 1.807) is 0 Å². The monoisotopic (exact) mass is 416 g/mol. The summed E-state index contributed by atoms with van der Waals surface area (Å²) in [6.45, 7) is 1.72. The Bertz CT molecular complexity index is 933. The van der Waals surface area contributed by atoms with E-state index < -0.39 is 10.0 Å². The number of nitrogens with zero attached hydrogens (tertiary/aromatic N) is 2. The predicted octanol–water partition coefficient (Wildman–Crippen LogP) is 3.69. The zero-order chi connectivity index (χ0) is 20.3. The lowest BCUT2D eigenvalue weighted by Crippen LogP contribution is -2.36. The van der Waals surface area contributed by atoms with Gasteiger partial charge in [0.05, 0.1) is 0 Å². The molecule has 1 atom stereocenters. The highest BCUT2D eigenvalue weighted by atomic mass is 32.2. The minimum atomic E-state index is -3.66. The highest BCUT2D eigenvalue weighted by Gasteiger charge is 2.33. The maximum absolute atomic E-state index is 13.0. The highest BCUT2D eigenvalue weighted by Crippen LogP contribution is 2.27. The zero-order valence-electron chi connectivity index (χ0n) is 16.6. The molecule has 1 aromatic carbocycles. The molecule has 156 valence electrons. The lowest BCUT2D eigenvalue weighted by atomic mass is 10.0. The second-order valence-corrected chi connectivity index (χ2v) is 9.77. The first-order valence-corrected chi connectivity index (χ1v) is 11.9. The smallest absolute Gasteiger partial charge is 0.289 e. The van der Waals surface area contributed by atoms with Crippen LogP contribution in [0.4, 0.5) is 0 Å². The number of furan rings is 1. The third kappa shape index (κ3) is 4.41. The van der Waals surface area contributed by atoms with Crippen molar-refractivity contribution < 1.29 is 17.6 Å². The second-order valence-electron chi connectivity index (χ2n) is 7.90. The van der Waals surface area contributed by atoms with Crippen LogP contribution in [0.15, 0.2) is 52.0 Å². The molecule has 0 spiro atoms. The Hall–Kier alpha value is -2.12. The lowest BCUT2D eigenvalue weighted by molar-refractivity contribution is 0.0692. The maximum atomic E-state index is 13.0. The van der Waals surface area contributed by atoms with Crippen LogP contribution in [0, 0.1) is 0 Å². The third-order valence-corrected chi connectivity index (χ3v) is 7.72. The summed E-state index contributed by atoms with van der Waals surface area (Å²) in [5, 5.41) is -0.122. The molecule has 0 radical (unpaired) electrons. The molecule has 1 unspecified atom stereocenters. The van der Waals surface area contributed by atoms with E-state index in [0.717, 1.165) is 44.9 Å². The van der Waals surface area contributed by atoms with E-state index in [9.17, 15) is 13.2 Å². The van der Waals surface area contributed by atoms with Crippen molar-refractivity contribution in [1.82, 2.24) is 9.21 Å². The number of hydrogen-bond donors (Lipinski definition) is 0. The second kappa shape index (κ2) is 8.71. The SMILES string of the molecule is O=C(c1ccc(S(=O)(=O)N2CCCCC2)o1)N1CCCC1CCc1ccccc1. The van der Waals surface area contributed by atoms with Crippen molar-refractivity contribution in [3.63, 3.8) is 0 Å². The summed E-state index contributed by atoms with van der Waals surface area (Å²) in [6, 6.07) is 13.4. The molecule has 6 nitrogen and oxygen atoms in total. The Labute approximate surface area is 172 Å². The largest absolute Gasteiger partial charge is 0.438 e. The minimum absolute atomic E-state index is 0.118. The number of aryl methyl sites for hydroxylation is 1. The molecule has 0 aliphatic carbocycles. The van der Waals surface area contributed by atoms with E-state index in [1.165, 1.54) is 22.0 Å². The molecule has 2 saturated heterocycles.